The van der Waals surface area contributed by atoms with Crippen molar-refractivity contribution in [3.8, 4) is 0 Å². The van der Waals surface area contributed by atoms with Crippen LogP contribution in [-0.4, -0.2) is 32.3 Å². The summed E-state index contributed by atoms with van der Waals surface area (Å²) in [5.74, 6) is -0.364. The second-order valence-electron chi connectivity index (χ2n) is 4.32. The fraction of sp³-hybridized carbons (Fsp3) is 0.462. The Morgan fingerprint density at radius 2 is 2.32 bits per heavy atom. The van der Waals surface area contributed by atoms with Crippen molar-refractivity contribution in [3.63, 3.8) is 0 Å². The zero-order valence-corrected chi connectivity index (χ0v) is 13.7. The highest BCUT2D eigenvalue weighted by Gasteiger charge is 2.19. The number of halogens is 2. The third-order valence-corrected chi connectivity index (χ3v) is 4.07. The van der Waals surface area contributed by atoms with Gasteiger partial charge in [0.05, 0.1) is 24.5 Å². The van der Waals surface area contributed by atoms with E-state index in [0.29, 0.717) is 12.1 Å². The number of ether oxygens (including phenoxy) is 2. The average molecular weight is 393 g/mol. The molecule has 6 heteroatoms. The van der Waals surface area contributed by atoms with Gasteiger partial charge in [0.2, 0.25) is 0 Å². The normalized spacial score (nSPS) is 18.4. The van der Waals surface area contributed by atoms with Crippen molar-refractivity contribution in [2.24, 2.45) is 0 Å². The van der Waals surface area contributed by atoms with Gasteiger partial charge in [-0.2, -0.15) is 0 Å². The number of carbonyl (C=O) groups is 1. The summed E-state index contributed by atoms with van der Waals surface area (Å²) in [5, 5.41) is 3.27. The molecule has 19 heavy (non-hydrogen) atoms. The first kappa shape index (κ1) is 14.8. The Kier molecular flexibility index (Phi) is 5.24. The Hall–Kier alpha value is -0.590. The molecule has 0 aliphatic carbocycles. The van der Waals surface area contributed by atoms with Crippen molar-refractivity contribution in [2.75, 3.05) is 25.6 Å². The fourth-order valence-corrected chi connectivity index (χ4v) is 3.41. The van der Waals surface area contributed by atoms with Crippen molar-refractivity contribution in [1.29, 1.82) is 0 Å². The average Bonchev–Trinajstić information content (AvgIpc) is 2.89. The second-order valence-corrected chi connectivity index (χ2v) is 6.09. The van der Waals surface area contributed by atoms with Gasteiger partial charge < -0.3 is 14.8 Å². The number of carbonyl (C=O) groups excluding carboxylic acids is 1. The monoisotopic (exact) mass is 391 g/mol. The van der Waals surface area contributed by atoms with Gasteiger partial charge >= 0.3 is 5.97 Å². The van der Waals surface area contributed by atoms with Crippen LogP contribution in [-0.2, 0) is 9.47 Å². The number of methoxy groups -OCH3 is 1. The summed E-state index contributed by atoms with van der Waals surface area (Å²) >= 11 is 6.84. The Morgan fingerprint density at radius 3 is 2.95 bits per heavy atom. The number of esters is 1. The summed E-state index contributed by atoms with van der Waals surface area (Å²) in [6.45, 7) is 1.50. The van der Waals surface area contributed by atoms with Crippen molar-refractivity contribution in [3.05, 3.63) is 26.6 Å². The highest BCUT2D eigenvalue weighted by molar-refractivity contribution is 9.11. The molecule has 1 atom stereocenters. The van der Waals surface area contributed by atoms with E-state index in [4.69, 9.17) is 9.47 Å². The summed E-state index contributed by atoms with van der Waals surface area (Å²) < 4.78 is 12.0. The molecule has 0 radical (unpaired) electrons. The van der Waals surface area contributed by atoms with Crippen molar-refractivity contribution in [1.82, 2.24) is 0 Å². The lowest BCUT2D eigenvalue weighted by Gasteiger charge is -2.16. The molecule has 1 heterocycles. The van der Waals surface area contributed by atoms with Gasteiger partial charge in [-0.25, -0.2) is 4.79 Å². The molecular weight excluding hydrogens is 378 g/mol. The molecule has 1 saturated heterocycles. The van der Waals surface area contributed by atoms with Gasteiger partial charge in [0.25, 0.3) is 0 Å². The quantitative estimate of drug-likeness (QED) is 0.795. The molecule has 1 aliphatic rings. The van der Waals surface area contributed by atoms with E-state index in [2.05, 4.69) is 37.2 Å². The Bertz CT molecular complexity index is 473. The Morgan fingerprint density at radius 1 is 1.53 bits per heavy atom. The van der Waals surface area contributed by atoms with E-state index in [0.717, 1.165) is 34.1 Å². The van der Waals surface area contributed by atoms with Crippen LogP contribution in [0, 0.1) is 0 Å². The SMILES string of the molecule is COC(=O)c1cc(Br)cc(Br)c1NCC1CCCO1. The molecule has 1 N–H and O–H groups in total. The Labute approximate surface area is 129 Å². The first-order chi connectivity index (χ1) is 9.11. The molecule has 0 saturated carbocycles. The maximum absolute atomic E-state index is 11.8. The van der Waals surface area contributed by atoms with Crippen molar-refractivity contribution < 1.29 is 14.3 Å². The minimum absolute atomic E-state index is 0.209. The molecule has 4 nitrogen and oxygen atoms in total. The minimum atomic E-state index is -0.364. The summed E-state index contributed by atoms with van der Waals surface area (Å²) in [4.78, 5) is 11.8. The van der Waals surface area contributed by atoms with E-state index in [9.17, 15) is 4.79 Å². The molecule has 2 rings (SSSR count). The van der Waals surface area contributed by atoms with Crippen LogP contribution < -0.4 is 5.32 Å². The zero-order chi connectivity index (χ0) is 13.8. The molecule has 1 aromatic carbocycles. The summed E-state index contributed by atoms with van der Waals surface area (Å²) in [7, 11) is 1.38. The smallest absolute Gasteiger partial charge is 0.340 e. The van der Waals surface area contributed by atoms with Crippen LogP contribution in [0.2, 0.25) is 0 Å². The van der Waals surface area contributed by atoms with Crippen LogP contribution >= 0.6 is 31.9 Å². The summed E-state index contributed by atoms with van der Waals surface area (Å²) in [5.41, 5.74) is 1.24. The molecule has 0 spiro atoms. The lowest BCUT2D eigenvalue weighted by Crippen LogP contribution is -2.20. The molecule has 0 bridgehead atoms. The number of hydrogen-bond acceptors (Lipinski definition) is 4. The maximum atomic E-state index is 11.8. The third kappa shape index (κ3) is 3.70. The topological polar surface area (TPSA) is 47.6 Å². The van der Waals surface area contributed by atoms with Gasteiger partial charge in [0.1, 0.15) is 0 Å². The predicted molar refractivity (Wildman–Crippen MR) is 80.6 cm³/mol. The second kappa shape index (κ2) is 6.72. The van der Waals surface area contributed by atoms with E-state index < -0.39 is 0 Å². The number of rotatable bonds is 4. The van der Waals surface area contributed by atoms with E-state index >= 15 is 0 Å². The standard InChI is InChI=1S/C13H15Br2NO3/c1-18-13(17)10-5-8(14)6-11(15)12(10)16-7-9-3-2-4-19-9/h5-6,9,16H,2-4,7H2,1H3. The molecule has 1 fully saturated rings. The third-order valence-electron chi connectivity index (χ3n) is 2.99. The lowest BCUT2D eigenvalue weighted by molar-refractivity contribution is 0.0601. The molecule has 1 aliphatic heterocycles. The molecule has 104 valence electrons. The minimum Gasteiger partial charge on any atom is -0.465 e. The van der Waals surface area contributed by atoms with Gasteiger partial charge in [-0.05, 0) is 40.9 Å². The lowest BCUT2D eigenvalue weighted by atomic mass is 10.1. The van der Waals surface area contributed by atoms with Crippen LogP contribution in [0.3, 0.4) is 0 Å². The zero-order valence-electron chi connectivity index (χ0n) is 10.5. The number of nitrogens with one attached hydrogen (secondary N) is 1. The molecular formula is C13H15Br2NO3. The van der Waals surface area contributed by atoms with Gasteiger partial charge in [0.15, 0.2) is 0 Å². The van der Waals surface area contributed by atoms with Gasteiger partial charge in [0, 0.05) is 22.1 Å². The van der Waals surface area contributed by atoms with Gasteiger partial charge in [-0.15, -0.1) is 0 Å². The van der Waals surface area contributed by atoms with Crippen LogP contribution in [0.1, 0.15) is 23.2 Å². The number of hydrogen-bond donors (Lipinski definition) is 1. The fourth-order valence-electron chi connectivity index (χ4n) is 2.05. The van der Waals surface area contributed by atoms with Crippen LogP contribution in [0.15, 0.2) is 21.1 Å². The van der Waals surface area contributed by atoms with E-state index in [-0.39, 0.29) is 12.1 Å². The highest BCUT2D eigenvalue weighted by Crippen LogP contribution is 2.31. The molecule has 0 amide bonds. The van der Waals surface area contributed by atoms with Crippen molar-refractivity contribution in [2.45, 2.75) is 18.9 Å². The van der Waals surface area contributed by atoms with Crippen LogP contribution in [0.5, 0.6) is 0 Å². The highest BCUT2D eigenvalue weighted by atomic mass is 79.9. The first-order valence-corrected chi connectivity index (χ1v) is 7.63. The van der Waals surface area contributed by atoms with E-state index in [1.54, 1.807) is 6.07 Å². The maximum Gasteiger partial charge on any atom is 0.340 e. The van der Waals surface area contributed by atoms with Crippen LogP contribution in [0.25, 0.3) is 0 Å². The molecule has 1 unspecified atom stereocenters. The van der Waals surface area contributed by atoms with E-state index in [1.165, 1.54) is 7.11 Å². The van der Waals surface area contributed by atoms with Gasteiger partial charge in [-0.3, -0.25) is 0 Å². The van der Waals surface area contributed by atoms with Crippen LogP contribution in [0.4, 0.5) is 5.69 Å². The number of benzene rings is 1. The Balaban J connectivity index is 2.19. The molecule has 0 aromatic heterocycles. The summed E-state index contributed by atoms with van der Waals surface area (Å²) in [6.07, 6.45) is 2.35. The molecule has 1 aromatic rings. The van der Waals surface area contributed by atoms with E-state index in [1.807, 2.05) is 6.07 Å². The predicted octanol–water partition coefficient (Wildman–Crippen LogP) is 3.59. The largest absolute Gasteiger partial charge is 0.465 e. The first-order valence-electron chi connectivity index (χ1n) is 6.04. The number of anilines is 1. The van der Waals surface area contributed by atoms with Gasteiger partial charge in [-0.1, -0.05) is 15.9 Å². The van der Waals surface area contributed by atoms with Crippen molar-refractivity contribution >= 4 is 43.5 Å². The summed E-state index contributed by atoms with van der Waals surface area (Å²) in [6, 6.07) is 3.64.